The summed E-state index contributed by atoms with van der Waals surface area (Å²) in [6, 6.07) is 8.02. The van der Waals surface area contributed by atoms with Crippen LogP contribution in [0.5, 0.6) is 0 Å². The molecular formula is C13H19N7. The van der Waals surface area contributed by atoms with Crippen molar-refractivity contribution in [3.05, 3.63) is 30.1 Å². The second kappa shape index (κ2) is 5.46. The number of nitrogen functional groups attached to an aromatic ring is 1. The van der Waals surface area contributed by atoms with Crippen molar-refractivity contribution >= 4 is 11.4 Å². The van der Waals surface area contributed by atoms with E-state index in [9.17, 15) is 0 Å². The number of tetrazole rings is 1. The SMILES string of the molecule is Cn1nnc(CN2CCN(c3ccccc3N)CC2)n1. The largest absolute Gasteiger partial charge is 0.397 e. The number of hydrogen-bond acceptors (Lipinski definition) is 6. The lowest BCUT2D eigenvalue weighted by Crippen LogP contribution is -2.46. The first-order valence-electron chi connectivity index (χ1n) is 6.77. The number of anilines is 2. The highest BCUT2D eigenvalue weighted by molar-refractivity contribution is 5.67. The lowest BCUT2D eigenvalue weighted by atomic mass is 10.2. The van der Waals surface area contributed by atoms with Crippen LogP contribution in [0.3, 0.4) is 0 Å². The van der Waals surface area contributed by atoms with Crippen LogP contribution < -0.4 is 10.6 Å². The van der Waals surface area contributed by atoms with Crippen molar-refractivity contribution in [3.63, 3.8) is 0 Å². The minimum absolute atomic E-state index is 0.756. The topological polar surface area (TPSA) is 76.1 Å². The van der Waals surface area contributed by atoms with Crippen LogP contribution in [0.25, 0.3) is 0 Å². The van der Waals surface area contributed by atoms with Crippen molar-refractivity contribution in [1.82, 2.24) is 25.1 Å². The Bertz CT molecular complexity index is 572. The van der Waals surface area contributed by atoms with Gasteiger partial charge >= 0.3 is 0 Å². The van der Waals surface area contributed by atoms with E-state index in [1.807, 2.05) is 18.2 Å². The van der Waals surface area contributed by atoms with E-state index in [2.05, 4.69) is 31.3 Å². The van der Waals surface area contributed by atoms with E-state index >= 15 is 0 Å². The van der Waals surface area contributed by atoms with E-state index in [0.29, 0.717) is 0 Å². The minimum Gasteiger partial charge on any atom is -0.397 e. The molecule has 3 rings (SSSR count). The van der Waals surface area contributed by atoms with E-state index < -0.39 is 0 Å². The maximum atomic E-state index is 6.03. The summed E-state index contributed by atoms with van der Waals surface area (Å²) in [4.78, 5) is 6.17. The maximum Gasteiger partial charge on any atom is 0.188 e. The Balaban J connectivity index is 1.58. The summed E-state index contributed by atoms with van der Waals surface area (Å²) in [5.41, 5.74) is 8.00. The molecule has 0 atom stereocenters. The molecule has 0 aliphatic carbocycles. The zero-order chi connectivity index (χ0) is 13.9. The Kier molecular flexibility index (Phi) is 3.51. The first-order chi connectivity index (χ1) is 9.72. The smallest absolute Gasteiger partial charge is 0.188 e. The molecule has 2 N–H and O–H groups in total. The van der Waals surface area contributed by atoms with Crippen molar-refractivity contribution in [2.24, 2.45) is 7.05 Å². The van der Waals surface area contributed by atoms with Gasteiger partial charge in [-0.2, -0.15) is 4.80 Å². The Morgan fingerprint density at radius 1 is 1.15 bits per heavy atom. The van der Waals surface area contributed by atoms with Gasteiger partial charge in [0.25, 0.3) is 0 Å². The summed E-state index contributed by atoms with van der Waals surface area (Å²) in [6.45, 7) is 4.65. The minimum atomic E-state index is 0.756. The second-order valence-corrected chi connectivity index (χ2v) is 5.02. The average Bonchev–Trinajstić information content (AvgIpc) is 2.86. The first-order valence-corrected chi connectivity index (χ1v) is 6.77. The van der Waals surface area contributed by atoms with E-state index in [1.165, 1.54) is 4.80 Å². The molecule has 0 spiro atoms. The number of nitrogens with two attached hydrogens (primary N) is 1. The number of para-hydroxylation sites is 2. The normalized spacial score (nSPS) is 16.6. The fourth-order valence-corrected chi connectivity index (χ4v) is 2.51. The molecule has 7 nitrogen and oxygen atoms in total. The zero-order valence-corrected chi connectivity index (χ0v) is 11.6. The lowest BCUT2D eigenvalue weighted by molar-refractivity contribution is 0.244. The maximum absolute atomic E-state index is 6.03. The molecule has 1 aliphatic rings. The molecular weight excluding hydrogens is 254 g/mol. The van der Waals surface area contributed by atoms with Crippen LogP contribution in [-0.2, 0) is 13.6 Å². The van der Waals surface area contributed by atoms with Crippen LogP contribution in [0.1, 0.15) is 5.82 Å². The predicted molar refractivity (Wildman–Crippen MR) is 77.1 cm³/mol. The Morgan fingerprint density at radius 3 is 2.55 bits per heavy atom. The molecule has 0 radical (unpaired) electrons. The standard InChI is InChI=1S/C13H19N7/c1-18-16-13(15-17-18)10-19-6-8-20(9-7-19)12-5-3-2-4-11(12)14/h2-5H,6-10,14H2,1H3. The molecule has 0 amide bonds. The average molecular weight is 273 g/mol. The molecule has 1 aromatic heterocycles. The molecule has 2 heterocycles. The van der Waals surface area contributed by atoms with Gasteiger partial charge in [-0.1, -0.05) is 12.1 Å². The molecule has 2 aromatic rings. The van der Waals surface area contributed by atoms with Gasteiger partial charge in [-0.25, -0.2) is 0 Å². The van der Waals surface area contributed by atoms with Crippen LogP contribution in [0.15, 0.2) is 24.3 Å². The molecule has 1 saturated heterocycles. The third kappa shape index (κ3) is 2.72. The van der Waals surface area contributed by atoms with Gasteiger partial charge in [-0.05, 0) is 17.3 Å². The van der Waals surface area contributed by atoms with Gasteiger partial charge < -0.3 is 10.6 Å². The van der Waals surface area contributed by atoms with Crippen LogP contribution in [0, 0.1) is 0 Å². The third-order valence-corrected chi connectivity index (χ3v) is 3.56. The quantitative estimate of drug-likeness (QED) is 0.800. The van der Waals surface area contributed by atoms with Crippen LogP contribution in [0.2, 0.25) is 0 Å². The lowest BCUT2D eigenvalue weighted by Gasteiger charge is -2.36. The van der Waals surface area contributed by atoms with Crippen LogP contribution in [-0.4, -0.2) is 51.3 Å². The number of benzene rings is 1. The zero-order valence-electron chi connectivity index (χ0n) is 11.6. The number of nitrogens with zero attached hydrogens (tertiary/aromatic N) is 6. The summed E-state index contributed by atoms with van der Waals surface area (Å²) >= 11 is 0. The van der Waals surface area contributed by atoms with Crippen molar-refractivity contribution in [3.8, 4) is 0 Å². The van der Waals surface area contributed by atoms with Crippen molar-refractivity contribution in [2.75, 3.05) is 36.8 Å². The fourth-order valence-electron chi connectivity index (χ4n) is 2.51. The highest BCUT2D eigenvalue weighted by Crippen LogP contribution is 2.23. The number of piperazine rings is 1. The van der Waals surface area contributed by atoms with Crippen molar-refractivity contribution in [1.29, 1.82) is 0 Å². The second-order valence-electron chi connectivity index (χ2n) is 5.02. The van der Waals surface area contributed by atoms with Gasteiger partial charge in [0.1, 0.15) is 0 Å². The number of hydrogen-bond donors (Lipinski definition) is 1. The Labute approximate surface area is 118 Å². The molecule has 0 unspecified atom stereocenters. The predicted octanol–water partition coefficient (Wildman–Crippen LogP) is 0.115. The molecule has 7 heteroatoms. The molecule has 1 aliphatic heterocycles. The summed E-state index contributed by atoms with van der Waals surface area (Å²) in [5, 5.41) is 12.1. The van der Waals surface area contributed by atoms with E-state index in [-0.39, 0.29) is 0 Å². The van der Waals surface area contributed by atoms with E-state index in [1.54, 1.807) is 7.05 Å². The molecule has 0 saturated carbocycles. The van der Waals surface area contributed by atoms with E-state index in [0.717, 1.165) is 49.9 Å². The molecule has 0 bridgehead atoms. The van der Waals surface area contributed by atoms with Gasteiger partial charge in [0.2, 0.25) is 0 Å². The molecule has 106 valence electrons. The van der Waals surface area contributed by atoms with Gasteiger partial charge in [0, 0.05) is 26.2 Å². The molecule has 1 aromatic carbocycles. The summed E-state index contributed by atoms with van der Waals surface area (Å²) < 4.78 is 0. The highest BCUT2D eigenvalue weighted by atomic mass is 15.6. The number of aryl methyl sites for hydroxylation is 1. The molecule has 20 heavy (non-hydrogen) atoms. The van der Waals surface area contributed by atoms with Crippen LogP contribution >= 0.6 is 0 Å². The number of aromatic nitrogens is 4. The summed E-state index contributed by atoms with van der Waals surface area (Å²) in [7, 11) is 1.78. The first kappa shape index (κ1) is 12.9. The van der Waals surface area contributed by atoms with Gasteiger partial charge in [-0.15, -0.1) is 10.2 Å². The van der Waals surface area contributed by atoms with E-state index in [4.69, 9.17) is 5.73 Å². The van der Waals surface area contributed by atoms with Crippen molar-refractivity contribution in [2.45, 2.75) is 6.54 Å². The summed E-state index contributed by atoms with van der Waals surface area (Å²) in [5.74, 6) is 0.778. The molecule has 1 fully saturated rings. The van der Waals surface area contributed by atoms with Gasteiger partial charge in [-0.3, -0.25) is 4.90 Å². The van der Waals surface area contributed by atoms with Crippen LogP contribution in [0.4, 0.5) is 11.4 Å². The number of rotatable bonds is 3. The fraction of sp³-hybridized carbons (Fsp3) is 0.462. The Hall–Kier alpha value is -2.15. The van der Waals surface area contributed by atoms with Gasteiger partial charge in [0.15, 0.2) is 5.82 Å². The Morgan fingerprint density at radius 2 is 1.90 bits per heavy atom. The van der Waals surface area contributed by atoms with Gasteiger partial charge in [0.05, 0.1) is 25.0 Å². The highest BCUT2D eigenvalue weighted by Gasteiger charge is 2.19. The summed E-state index contributed by atoms with van der Waals surface area (Å²) in [6.07, 6.45) is 0. The third-order valence-electron chi connectivity index (χ3n) is 3.56. The van der Waals surface area contributed by atoms with Crippen molar-refractivity contribution < 1.29 is 0 Å². The monoisotopic (exact) mass is 273 g/mol.